The standard InChI is InChI=1S/C22H33N3O5S/c1-2-11-23-21(26)17-30-22(27)18-9-10-19(24-12-5-3-6-13-24)20(16-18)31(28,29)25-14-7-4-8-15-25/h9-10,16H,2-8,11-15,17H2,1H3,(H,23,26). The van der Waals surface area contributed by atoms with Gasteiger partial charge in [-0.05, 0) is 56.7 Å². The molecule has 0 aliphatic carbocycles. The van der Waals surface area contributed by atoms with Crippen LogP contribution in [-0.2, 0) is 19.6 Å². The summed E-state index contributed by atoms with van der Waals surface area (Å²) in [5.74, 6) is -1.08. The zero-order valence-corrected chi connectivity index (χ0v) is 19.1. The molecule has 0 bridgehead atoms. The maximum atomic E-state index is 13.5. The molecule has 8 nitrogen and oxygen atoms in total. The van der Waals surface area contributed by atoms with Gasteiger partial charge in [0.25, 0.3) is 5.91 Å². The van der Waals surface area contributed by atoms with Gasteiger partial charge < -0.3 is 15.0 Å². The summed E-state index contributed by atoms with van der Waals surface area (Å²) in [5.41, 5.74) is 0.780. The molecule has 2 saturated heterocycles. The van der Waals surface area contributed by atoms with Crippen molar-refractivity contribution in [2.45, 2.75) is 56.8 Å². The topological polar surface area (TPSA) is 96.0 Å². The summed E-state index contributed by atoms with van der Waals surface area (Å²) in [7, 11) is -3.74. The fourth-order valence-electron chi connectivity index (χ4n) is 4.02. The Hall–Kier alpha value is -2.13. The summed E-state index contributed by atoms with van der Waals surface area (Å²) in [4.78, 5) is 26.5. The third-order valence-electron chi connectivity index (χ3n) is 5.73. The number of carbonyl (C=O) groups excluding carboxylic acids is 2. The van der Waals surface area contributed by atoms with E-state index in [9.17, 15) is 18.0 Å². The van der Waals surface area contributed by atoms with Gasteiger partial charge in [0.15, 0.2) is 6.61 Å². The molecule has 2 aliphatic heterocycles. The molecule has 1 aromatic carbocycles. The van der Waals surface area contributed by atoms with Crippen LogP contribution >= 0.6 is 0 Å². The molecule has 1 amide bonds. The molecule has 0 atom stereocenters. The van der Waals surface area contributed by atoms with Crippen molar-refractivity contribution in [2.75, 3.05) is 44.2 Å². The largest absolute Gasteiger partial charge is 0.452 e. The molecule has 1 aromatic rings. The van der Waals surface area contributed by atoms with Gasteiger partial charge in [0, 0.05) is 32.7 Å². The van der Waals surface area contributed by atoms with Crippen LogP contribution in [0.15, 0.2) is 23.1 Å². The van der Waals surface area contributed by atoms with Gasteiger partial charge in [-0.1, -0.05) is 13.3 Å². The predicted molar refractivity (Wildman–Crippen MR) is 119 cm³/mol. The SMILES string of the molecule is CCCNC(=O)COC(=O)c1ccc(N2CCCCC2)c(S(=O)(=O)N2CCCCC2)c1. The molecular weight excluding hydrogens is 418 g/mol. The number of hydrogen-bond donors (Lipinski definition) is 1. The van der Waals surface area contributed by atoms with Crippen molar-refractivity contribution < 1.29 is 22.7 Å². The normalized spacial score (nSPS) is 17.9. The van der Waals surface area contributed by atoms with Crippen molar-refractivity contribution in [3.8, 4) is 0 Å². The van der Waals surface area contributed by atoms with Crippen LogP contribution in [0.2, 0.25) is 0 Å². The minimum atomic E-state index is -3.74. The first-order chi connectivity index (χ1) is 14.9. The molecule has 172 valence electrons. The highest BCUT2D eigenvalue weighted by atomic mass is 32.2. The van der Waals surface area contributed by atoms with Crippen LogP contribution in [0.5, 0.6) is 0 Å². The molecule has 9 heteroatoms. The van der Waals surface area contributed by atoms with Gasteiger partial charge in [-0.25, -0.2) is 13.2 Å². The Bertz CT molecular complexity index is 875. The Labute approximate surface area is 185 Å². The van der Waals surface area contributed by atoms with Crippen LogP contribution in [-0.4, -0.2) is 63.9 Å². The summed E-state index contributed by atoms with van der Waals surface area (Å²) in [6.07, 6.45) is 6.65. The van der Waals surface area contributed by atoms with Crippen molar-refractivity contribution in [3.05, 3.63) is 23.8 Å². The van der Waals surface area contributed by atoms with Crippen LogP contribution in [0.25, 0.3) is 0 Å². The molecule has 2 aliphatic rings. The second-order valence-electron chi connectivity index (χ2n) is 8.12. The molecule has 31 heavy (non-hydrogen) atoms. The first-order valence-corrected chi connectivity index (χ1v) is 12.7. The van der Waals surface area contributed by atoms with Crippen LogP contribution in [0.1, 0.15) is 62.2 Å². The third kappa shape index (κ3) is 5.98. The number of nitrogens with zero attached hydrogens (tertiary/aromatic N) is 2. The van der Waals surface area contributed by atoms with Crippen LogP contribution in [0.4, 0.5) is 5.69 Å². The first-order valence-electron chi connectivity index (χ1n) is 11.3. The quantitative estimate of drug-likeness (QED) is 0.610. The van der Waals surface area contributed by atoms with Gasteiger partial charge >= 0.3 is 5.97 Å². The lowest BCUT2D eigenvalue weighted by Crippen LogP contribution is -2.37. The van der Waals surface area contributed by atoms with E-state index in [0.717, 1.165) is 58.0 Å². The number of hydrogen-bond acceptors (Lipinski definition) is 6. The van der Waals surface area contributed by atoms with E-state index in [1.165, 1.54) is 10.4 Å². The molecule has 0 radical (unpaired) electrons. The molecule has 2 heterocycles. The Balaban J connectivity index is 1.86. The van der Waals surface area contributed by atoms with E-state index in [0.29, 0.717) is 25.3 Å². The van der Waals surface area contributed by atoms with E-state index < -0.39 is 16.0 Å². The van der Waals surface area contributed by atoms with Gasteiger partial charge in [-0.3, -0.25) is 4.79 Å². The lowest BCUT2D eigenvalue weighted by atomic mass is 10.1. The molecule has 1 N–H and O–H groups in total. The zero-order valence-electron chi connectivity index (χ0n) is 18.3. The number of benzene rings is 1. The Morgan fingerprint density at radius 1 is 1.00 bits per heavy atom. The Morgan fingerprint density at radius 3 is 2.29 bits per heavy atom. The third-order valence-corrected chi connectivity index (χ3v) is 7.66. The van der Waals surface area contributed by atoms with Gasteiger partial charge in [0.1, 0.15) is 4.90 Å². The lowest BCUT2D eigenvalue weighted by Gasteiger charge is -2.33. The zero-order chi connectivity index (χ0) is 22.3. The minimum Gasteiger partial charge on any atom is -0.452 e. The molecule has 3 rings (SSSR count). The predicted octanol–water partition coefficient (Wildman–Crippen LogP) is 2.53. The minimum absolute atomic E-state index is 0.139. The van der Waals surface area contributed by atoms with E-state index in [2.05, 4.69) is 10.2 Å². The van der Waals surface area contributed by atoms with E-state index in [1.807, 2.05) is 6.92 Å². The number of esters is 1. The van der Waals surface area contributed by atoms with Crippen LogP contribution in [0, 0.1) is 0 Å². The van der Waals surface area contributed by atoms with Gasteiger partial charge in [-0.15, -0.1) is 0 Å². The van der Waals surface area contributed by atoms with E-state index >= 15 is 0 Å². The molecule has 0 unspecified atom stereocenters. The summed E-state index contributed by atoms with van der Waals surface area (Å²) in [6, 6.07) is 4.71. The van der Waals surface area contributed by atoms with E-state index in [1.54, 1.807) is 12.1 Å². The van der Waals surface area contributed by atoms with Crippen molar-refractivity contribution in [1.82, 2.24) is 9.62 Å². The van der Waals surface area contributed by atoms with Gasteiger partial charge in [0.05, 0.1) is 11.3 Å². The number of nitrogens with one attached hydrogen (secondary N) is 1. The van der Waals surface area contributed by atoms with E-state index in [4.69, 9.17) is 4.74 Å². The second-order valence-corrected chi connectivity index (χ2v) is 10.0. The van der Waals surface area contributed by atoms with Gasteiger partial charge in [-0.2, -0.15) is 4.31 Å². The number of rotatable bonds is 8. The molecule has 0 aromatic heterocycles. The molecule has 0 saturated carbocycles. The summed E-state index contributed by atoms with van der Waals surface area (Å²) >= 11 is 0. The number of sulfonamides is 1. The number of amides is 1. The summed E-state index contributed by atoms with van der Waals surface area (Å²) in [6.45, 7) is 4.64. The number of piperidine rings is 2. The maximum Gasteiger partial charge on any atom is 0.338 e. The monoisotopic (exact) mass is 451 g/mol. The van der Waals surface area contributed by atoms with Gasteiger partial charge in [0.2, 0.25) is 10.0 Å². The second kappa shape index (κ2) is 10.9. The van der Waals surface area contributed by atoms with Crippen molar-refractivity contribution in [1.29, 1.82) is 0 Å². The summed E-state index contributed by atoms with van der Waals surface area (Å²) < 4.78 is 33.6. The Morgan fingerprint density at radius 2 is 1.65 bits per heavy atom. The van der Waals surface area contributed by atoms with Crippen LogP contribution in [0.3, 0.4) is 0 Å². The number of carbonyl (C=O) groups is 2. The summed E-state index contributed by atoms with van der Waals surface area (Å²) in [5, 5.41) is 2.64. The molecule has 2 fully saturated rings. The van der Waals surface area contributed by atoms with Crippen LogP contribution < -0.4 is 10.2 Å². The highest BCUT2D eigenvalue weighted by Gasteiger charge is 2.31. The highest BCUT2D eigenvalue weighted by molar-refractivity contribution is 7.89. The maximum absolute atomic E-state index is 13.5. The average molecular weight is 452 g/mol. The smallest absolute Gasteiger partial charge is 0.338 e. The lowest BCUT2D eigenvalue weighted by molar-refractivity contribution is -0.124. The highest BCUT2D eigenvalue weighted by Crippen LogP contribution is 2.32. The fraction of sp³-hybridized carbons (Fsp3) is 0.636. The number of ether oxygens (including phenoxy) is 1. The molecule has 0 spiro atoms. The van der Waals surface area contributed by atoms with Crippen molar-refractivity contribution >= 4 is 27.6 Å². The van der Waals surface area contributed by atoms with Crippen molar-refractivity contribution in [3.63, 3.8) is 0 Å². The fourth-order valence-corrected chi connectivity index (χ4v) is 5.77. The molecular formula is C22H33N3O5S. The number of anilines is 1. The average Bonchev–Trinajstić information content (AvgIpc) is 2.82. The first kappa shape index (κ1) is 23.5. The van der Waals surface area contributed by atoms with Crippen molar-refractivity contribution in [2.24, 2.45) is 0 Å². The van der Waals surface area contributed by atoms with E-state index in [-0.39, 0.29) is 23.0 Å². The Kier molecular flexibility index (Phi) is 8.31.